The van der Waals surface area contributed by atoms with Gasteiger partial charge >= 0.3 is 0 Å². The number of hydrogen-bond donors (Lipinski definition) is 1. The number of halogens is 2. The van der Waals surface area contributed by atoms with E-state index in [0.29, 0.717) is 17.4 Å². The molecule has 1 N–H and O–H groups in total. The van der Waals surface area contributed by atoms with Gasteiger partial charge in [-0.1, -0.05) is 29.8 Å². The number of benzene rings is 1. The fourth-order valence-electron chi connectivity index (χ4n) is 1.85. The van der Waals surface area contributed by atoms with Crippen molar-refractivity contribution < 1.29 is 4.79 Å². The van der Waals surface area contributed by atoms with Crippen LogP contribution in [-0.4, -0.2) is 29.4 Å². The van der Waals surface area contributed by atoms with Gasteiger partial charge in [0, 0.05) is 22.2 Å². The lowest BCUT2D eigenvalue weighted by Gasteiger charge is -2.16. The van der Waals surface area contributed by atoms with Crippen molar-refractivity contribution in [2.45, 2.75) is 6.54 Å². The molecule has 0 spiro atoms. The molecule has 2 rings (SSSR count). The van der Waals surface area contributed by atoms with E-state index in [2.05, 4.69) is 26.2 Å². The Kier molecular flexibility index (Phi) is 5.73. The van der Waals surface area contributed by atoms with Crippen LogP contribution in [0, 0.1) is 0 Å². The SMILES string of the molecule is CN(CC(=O)Nc1ccc(Br)cn1)Cc1ccccc1Cl. The zero-order valence-electron chi connectivity index (χ0n) is 11.5. The van der Waals surface area contributed by atoms with E-state index >= 15 is 0 Å². The molecule has 0 aliphatic carbocycles. The van der Waals surface area contributed by atoms with Crippen molar-refractivity contribution in [3.8, 4) is 0 Å². The highest BCUT2D eigenvalue weighted by molar-refractivity contribution is 9.10. The Bertz CT molecular complexity index is 619. The zero-order valence-corrected chi connectivity index (χ0v) is 13.9. The first-order chi connectivity index (χ1) is 10.0. The van der Waals surface area contributed by atoms with Crippen molar-refractivity contribution in [3.63, 3.8) is 0 Å². The number of likely N-dealkylation sites (N-methyl/N-ethyl adjacent to an activating group) is 1. The Hall–Kier alpha value is -1.43. The lowest BCUT2D eigenvalue weighted by atomic mass is 10.2. The Morgan fingerprint density at radius 1 is 1.33 bits per heavy atom. The van der Waals surface area contributed by atoms with Crippen LogP contribution in [0.2, 0.25) is 5.02 Å². The molecule has 0 aliphatic heterocycles. The first-order valence-corrected chi connectivity index (χ1v) is 7.55. The van der Waals surface area contributed by atoms with E-state index in [4.69, 9.17) is 11.6 Å². The molecule has 1 aromatic carbocycles. The summed E-state index contributed by atoms with van der Waals surface area (Å²) < 4.78 is 0.872. The minimum absolute atomic E-state index is 0.112. The van der Waals surface area contributed by atoms with E-state index in [9.17, 15) is 4.79 Å². The van der Waals surface area contributed by atoms with Gasteiger partial charge in [0.15, 0.2) is 0 Å². The first kappa shape index (κ1) is 15.9. The van der Waals surface area contributed by atoms with Crippen LogP contribution in [0.15, 0.2) is 47.1 Å². The number of rotatable bonds is 5. The molecule has 0 bridgehead atoms. The van der Waals surface area contributed by atoms with Crippen molar-refractivity contribution in [3.05, 3.63) is 57.7 Å². The number of carbonyl (C=O) groups excluding carboxylic acids is 1. The molecule has 21 heavy (non-hydrogen) atoms. The van der Waals surface area contributed by atoms with Crippen molar-refractivity contribution in [1.29, 1.82) is 0 Å². The monoisotopic (exact) mass is 367 g/mol. The highest BCUT2D eigenvalue weighted by Gasteiger charge is 2.09. The molecule has 4 nitrogen and oxygen atoms in total. The van der Waals surface area contributed by atoms with Gasteiger partial charge in [0.25, 0.3) is 0 Å². The molecular weight excluding hydrogens is 354 g/mol. The summed E-state index contributed by atoms with van der Waals surface area (Å²) in [4.78, 5) is 17.9. The molecule has 1 amide bonds. The molecule has 1 heterocycles. The smallest absolute Gasteiger partial charge is 0.239 e. The fourth-order valence-corrected chi connectivity index (χ4v) is 2.28. The Balaban J connectivity index is 1.87. The second kappa shape index (κ2) is 7.54. The van der Waals surface area contributed by atoms with Gasteiger partial charge in [-0.3, -0.25) is 9.69 Å². The summed E-state index contributed by atoms with van der Waals surface area (Å²) in [5.41, 5.74) is 0.997. The van der Waals surface area contributed by atoms with E-state index in [1.54, 1.807) is 12.3 Å². The largest absolute Gasteiger partial charge is 0.310 e. The number of anilines is 1. The molecule has 0 fully saturated rings. The quantitative estimate of drug-likeness (QED) is 0.877. The van der Waals surface area contributed by atoms with E-state index in [1.807, 2.05) is 42.3 Å². The maximum atomic E-state index is 11.9. The summed E-state index contributed by atoms with van der Waals surface area (Å²) in [6.07, 6.45) is 1.64. The minimum atomic E-state index is -0.112. The van der Waals surface area contributed by atoms with E-state index in [-0.39, 0.29) is 12.5 Å². The number of nitrogens with zero attached hydrogens (tertiary/aromatic N) is 2. The van der Waals surface area contributed by atoms with Crippen molar-refractivity contribution in [2.75, 3.05) is 18.9 Å². The van der Waals surface area contributed by atoms with Crippen LogP contribution >= 0.6 is 27.5 Å². The summed E-state index contributed by atoms with van der Waals surface area (Å²) in [6, 6.07) is 11.2. The van der Waals surface area contributed by atoms with Gasteiger partial charge in [-0.2, -0.15) is 0 Å². The molecule has 0 saturated heterocycles. The minimum Gasteiger partial charge on any atom is -0.310 e. The van der Waals surface area contributed by atoms with Crippen molar-refractivity contribution in [2.24, 2.45) is 0 Å². The number of nitrogens with one attached hydrogen (secondary N) is 1. The molecule has 0 aliphatic rings. The van der Waals surface area contributed by atoms with Gasteiger partial charge in [-0.15, -0.1) is 0 Å². The molecule has 0 atom stereocenters. The fraction of sp³-hybridized carbons (Fsp3) is 0.200. The van der Waals surface area contributed by atoms with Gasteiger partial charge in [-0.05, 0) is 46.7 Å². The highest BCUT2D eigenvalue weighted by atomic mass is 79.9. The Labute approximate surface area is 137 Å². The summed E-state index contributed by atoms with van der Waals surface area (Å²) in [6.45, 7) is 0.879. The van der Waals surface area contributed by atoms with Crippen LogP contribution in [0.1, 0.15) is 5.56 Å². The van der Waals surface area contributed by atoms with E-state index in [0.717, 1.165) is 10.0 Å². The zero-order chi connectivity index (χ0) is 15.2. The number of pyridine rings is 1. The molecular formula is C15H15BrClN3O. The Morgan fingerprint density at radius 2 is 2.10 bits per heavy atom. The second-order valence-corrected chi connectivity index (χ2v) is 6.00. The van der Waals surface area contributed by atoms with E-state index < -0.39 is 0 Å². The summed E-state index contributed by atoms with van der Waals surface area (Å²) in [5, 5.41) is 3.46. The number of aromatic nitrogens is 1. The summed E-state index contributed by atoms with van der Waals surface area (Å²) >= 11 is 9.41. The maximum Gasteiger partial charge on any atom is 0.239 e. The highest BCUT2D eigenvalue weighted by Crippen LogP contribution is 2.16. The molecule has 1 aromatic heterocycles. The molecule has 110 valence electrons. The van der Waals surface area contributed by atoms with Crippen LogP contribution in [0.3, 0.4) is 0 Å². The molecule has 6 heteroatoms. The number of hydrogen-bond acceptors (Lipinski definition) is 3. The van der Waals surface area contributed by atoms with Crippen molar-refractivity contribution in [1.82, 2.24) is 9.88 Å². The predicted octanol–water partition coefficient (Wildman–Crippen LogP) is 3.57. The van der Waals surface area contributed by atoms with Crippen LogP contribution in [0.5, 0.6) is 0 Å². The van der Waals surface area contributed by atoms with Gasteiger partial charge < -0.3 is 5.32 Å². The van der Waals surface area contributed by atoms with Gasteiger partial charge in [0.1, 0.15) is 5.82 Å². The molecule has 0 saturated carbocycles. The molecule has 0 unspecified atom stereocenters. The third-order valence-corrected chi connectivity index (χ3v) is 3.64. The molecule has 0 radical (unpaired) electrons. The average molecular weight is 369 g/mol. The van der Waals surface area contributed by atoms with Gasteiger partial charge in [0.05, 0.1) is 6.54 Å². The van der Waals surface area contributed by atoms with Crippen molar-refractivity contribution >= 4 is 39.3 Å². The van der Waals surface area contributed by atoms with Crippen LogP contribution in [0.4, 0.5) is 5.82 Å². The first-order valence-electron chi connectivity index (χ1n) is 6.38. The van der Waals surface area contributed by atoms with Crippen LogP contribution < -0.4 is 5.32 Å². The Morgan fingerprint density at radius 3 is 2.76 bits per heavy atom. The van der Waals surface area contributed by atoms with Gasteiger partial charge in [-0.25, -0.2) is 4.98 Å². The third-order valence-electron chi connectivity index (χ3n) is 2.81. The number of carbonyl (C=O) groups is 1. The normalized spacial score (nSPS) is 10.7. The van der Waals surface area contributed by atoms with Gasteiger partial charge in [0.2, 0.25) is 5.91 Å². The maximum absolute atomic E-state index is 11.9. The van der Waals surface area contributed by atoms with Crippen LogP contribution in [-0.2, 0) is 11.3 Å². The topological polar surface area (TPSA) is 45.2 Å². The average Bonchev–Trinajstić information content (AvgIpc) is 2.44. The summed E-state index contributed by atoms with van der Waals surface area (Å²) in [5.74, 6) is 0.425. The lowest BCUT2D eigenvalue weighted by molar-refractivity contribution is -0.117. The predicted molar refractivity (Wildman–Crippen MR) is 88.4 cm³/mol. The standard InChI is InChI=1S/C15H15BrClN3O/c1-20(9-11-4-2-3-5-13(11)17)10-15(21)19-14-7-6-12(16)8-18-14/h2-8H,9-10H2,1H3,(H,18,19,21). The summed E-state index contributed by atoms with van der Waals surface area (Å²) in [7, 11) is 1.87. The second-order valence-electron chi connectivity index (χ2n) is 4.67. The van der Waals surface area contributed by atoms with Crippen LogP contribution in [0.25, 0.3) is 0 Å². The lowest BCUT2D eigenvalue weighted by Crippen LogP contribution is -2.30. The third kappa shape index (κ3) is 5.12. The molecule has 2 aromatic rings. The van der Waals surface area contributed by atoms with E-state index in [1.165, 1.54) is 0 Å². The number of amides is 1.